The van der Waals surface area contributed by atoms with Crippen LogP contribution in [-0.2, 0) is 6.54 Å². The second kappa shape index (κ2) is 5.90. The van der Waals surface area contributed by atoms with Crippen molar-refractivity contribution in [3.05, 3.63) is 46.8 Å². The number of aryl methyl sites for hydroxylation is 1. The number of benzene rings is 1. The van der Waals surface area contributed by atoms with E-state index in [4.69, 9.17) is 4.74 Å². The van der Waals surface area contributed by atoms with Crippen molar-refractivity contribution in [1.29, 1.82) is 0 Å². The van der Waals surface area contributed by atoms with Crippen LogP contribution in [0.5, 0.6) is 5.75 Å². The van der Waals surface area contributed by atoms with Crippen molar-refractivity contribution in [3.8, 4) is 5.75 Å². The van der Waals surface area contributed by atoms with Gasteiger partial charge in [-0.25, -0.2) is 0 Å². The molecule has 0 aliphatic rings. The molecule has 1 aromatic carbocycles. The van der Waals surface area contributed by atoms with Gasteiger partial charge in [-0.05, 0) is 45.4 Å². The molecule has 4 heteroatoms. The van der Waals surface area contributed by atoms with Gasteiger partial charge in [-0.1, -0.05) is 12.1 Å². The standard InChI is InChI=1S/C16H20N2O2/c1-5-20-16-9-7-6-8-14(16)15(19)10-18-13(4)11(2)12(3)17-18/h6-9H,5,10H2,1-4H3. The Balaban J connectivity index is 2.26. The molecule has 0 fully saturated rings. The number of para-hydroxylation sites is 1. The van der Waals surface area contributed by atoms with Crippen LogP contribution in [0.25, 0.3) is 0 Å². The number of aromatic nitrogens is 2. The van der Waals surface area contributed by atoms with E-state index in [0.717, 1.165) is 17.0 Å². The van der Waals surface area contributed by atoms with Crippen LogP contribution in [0.2, 0.25) is 0 Å². The van der Waals surface area contributed by atoms with Crippen molar-refractivity contribution in [1.82, 2.24) is 9.78 Å². The summed E-state index contributed by atoms with van der Waals surface area (Å²) in [6.45, 7) is 8.65. The summed E-state index contributed by atoms with van der Waals surface area (Å²) in [6, 6.07) is 7.34. The van der Waals surface area contributed by atoms with E-state index in [1.165, 1.54) is 0 Å². The number of hydrogen-bond acceptors (Lipinski definition) is 3. The normalized spacial score (nSPS) is 10.6. The third-order valence-electron chi connectivity index (χ3n) is 3.52. The highest BCUT2D eigenvalue weighted by atomic mass is 16.5. The van der Waals surface area contributed by atoms with E-state index in [2.05, 4.69) is 5.10 Å². The molecule has 0 saturated carbocycles. The molecule has 0 aliphatic heterocycles. The fourth-order valence-electron chi connectivity index (χ4n) is 2.14. The van der Waals surface area contributed by atoms with Gasteiger partial charge >= 0.3 is 0 Å². The summed E-state index contributed by atoms with van der Waals surface area (Å²) < 4.78 is 7.26. The SMILES string of the molecule is CCOc1ccccc1C(=O)Cn1nc(C)c(C)c1C. The molecule has 1 aromatic heterocycles. The van der Waals surface area contributed by atoms with Crippen LogP contribution in [0.3, 0.4) is 0 Å². The number of nitrogens with zero attached hydrogens (tertiary/aromatic N) is 2. The molecular weight excluding hydrogens is 252 g/mol. The lowest BCUT2D eigenvalue weighted by atomic mass is 10.1. The molecule has 2 rings (SSSR count). The minimum atomic E-state index is 0.0136. The van der Waals surface area contributed by atoms with Crippen LogP contribution in [0.4, 0.5) is 0 Å². The zero-order valence-corrected chi connectivity index (χ0v) is 12.4. The van der Waals surface area contributed by atoms with Gasteiger partial charge in [0.05, 0.1) is 17.9 Å². The van der Waals surface area contributed by atoms with Gasteiger partial charge in [-0.15, -0.1) is 0 Å². The summed E-state index contributed by atoms with van der Waals surface area (Å²) in [5.74, 6) is 0.651. The average molecular weight is 272 g/mol. The smallest absolute Gasteiger partial charge is 0.187 e. The minimum Gasteiger partial charge on any atom is -0.493 e. The van der Waals surface area contributed by atoms with Crippen molar-refractivity contribution in [2.24, 2.45) is 0 Å². The van der Waals surface area contributed by atoms with Crippen LogP contribution in [0.1, 0.15) is 34.2 Å². The molecule has 2 aromatic rings. The number of rotatable bonds is 5. The predicted octanol–water partition coefficient (Wildman–Crippen LogP) is 3.09. The lowest BCUT2D eigenvalue weighted by molar-refractivity contribution is 0.0963. The van der Waals surface area contributed by atoms with E-state index in [-0.39, 0.29) is 12.3 Å². The fourth-order valence-corrected chi connectivity index (χ4v) is 2.14. The molecule has 0 radical (unpaired) electrons. The van der Waals surface area contributed by atoms with Crippen molar-refractivity contribution >= 4 is 5.78 Å². The molecule has 106 valence electrons. The van der Waals surface area contributed by atoms with E-state index in [0.29, 0.717) is 17.9 Å². The number of carbonyl (C=O) groups is 1. The highest BCUT2D eigenvalue weighted by molar-refractivity contribution is 5.98. The summed E-state index contributed by atoms with van der Waals surface area (Å²) in [5, 5.41) is 4.41. The highest BCUT2D eigenvalue weighted by Crippen LogP contribution is 2.20. The van der Waals surface area contributed by atoms with Crippen molar-refractivity contribution in [2.75, 3.05) is 6.61 Å². The van der Waals surface area contributed by atoms with Gasteiger partial charge in [0.25, 0.3) is 0 Å². The molecule has 0 N–H and O–H groups in total. The molecular formula is C16H20N2O2. The maximum Gasteiger partial charge on any atom is 0.187 e. The van der Waals surface area contributed by atoms with Crippen LogP contribution < -0.4 is 4.74 Å². The summed E-state index contributed by atoms with van der Waals surface area (Å²) in [4.78, 5) is 12.4. The second-order valence-corrected chi connectivity index (χ2v) is 4.81. The van der Waals surface area contributed by atoms with E-state index >= 15 is 0 Å². The lowest BCUT2D eigenvalue weighted by Crippen LogP contribution is -2.14. The fraction of sp³-hybridized carbons (Fsp3) is 0.375. The first kappa shape index (κ1) is 14.3. The third-order valence-corrected chi connectivity index (χ3v) is 3.52. The van der Waals surface area contributed by atoms with Gasteiger partial charge in [-0.2, -0.15) is 5.10 Å². The number of ketones is 1. The van der Waals surface area contributed by atoms with Crippen molar-refractivity contribution < 1.29 is 9.53 Å². The first-order valence-corrected chi connectivity index (χ1v) is 6.80. The van der Waals surface area contributed by atoms with Gasteiger partial charge in [0.15, 0.2) is 5.78 Å². The highest BCUT2D eigenvalue weighted by Gasteiger charge is 2.15. The summed E-state index contributed by atoms with van der Waals surface area (Å²) in [6.07, 6.45) is 0. The minimum absolute atomic E-state index is 0.0136. The Morgan fingerprint density at radius 1 is 1.25 bits per heavy atom. The van der Waals surface area contributed by atoms with Gasteiger partial charge in [0.2, 0.25) is 0 Å². The Kier molecular flexibility index (Phi) is 4.23. The average Bonchev–Trinajstić information content (AvgIpc) is 2.67. The molecule has 0 unspecified atom stereocenters. The monoisotopic (exact) mass is 272 g/mol. The zero-order valence-electron chi connectivity index (χ0n) is 12.4. The molecule has 0 atom stereocenters. The topological polar surface area (TPSA) is 44.1 Å². The van der Waals surface area contributed by atoms with Gasteiger partial charge in [0, 0.05) is 5.69 Å². The van der Waals surface area contributed by atoms with Crippen LogP contribution in [0, 0.1) is 20.8 Å². The molecule has 4 nitrogen and oxygen atoms in total. The van der Waals surface area contributed by atoms with E-state index in [1.807, 2.05) is 45.9 Å². The number of hydrogen-bond donors (Lipinski definition) is 0. The Morgan fingerprint density at radius 2 is 1.95 bits per heavy atom. The third kappa shape index (κ3) is 2.74. The predicted molar refractivity (Wildman–Crippen MR) is 78.4 cm³/mol. The largest absolute Gasteiger partial charge is 0.493 e. The maximum atomic E-state index is 12.4. The molecule has 0 bridgehead atoms. The molecule has 0 aliphatic carbocycles. The van der Waals surface area contributed by atoms with E-state index in [9.17, 15) is 4.79 Å². The molecule has 0 amide bonds. The number of Topliss-reactive ketones (excluding diaryl/α,β-unsaturated/α-hetero) is 1. The van der Waals surface area contributed by atoms with Gasteiger partial charge in [-0.3, -0.25) is 9.48 Å². The Morgan fingerprint density at radius 3 is 2.55 bits per heavy atom. The van der Waals surface area contributed by atoms with Crippen molar-refractivity contribution in [3.63, 3.8) is 0 Å². The van der Waals surface area contributed by atoms with Crippen LogP contribution >= 0.6 is 0 Å². The lowest BCUT2D eigenvalue weighted by Gasteiger charge is -2.10. The summed E-state index contributed by atoms with van der Waals surface area (Å²) >= 11 is 0. The van der Waals surface area contributed by atoms with E-state index < -0.39 is 0 Å². The van der Waals surface area contributed by atoms with Gasteiger partial charge < -0.3 is 4.74 Å². The quantitative estimate of drug-likeness (QED) is 0.786. The van der Waals surface area contributed by atoms with Gasteiger partial charge in [0.1, 0.15) is 12.3 Å². The number of carbonyl (C=O) groups excluding carboxylic acids is 1. The molecule has 20 heavy (non-hydrogen) atoms. The Hall–Kier alpha value is -2.10. The first-order chi connectivity index (χ1) is 9.54. The second-order valence-electron chi connectivity index (χ2n) is 4.81. The Labute approximate surface area is 119 Å². The zero-order chi connectivity index (χ0) is 14.7. The van der Waals surface area contributed by atoms with Crippen LogP contribution in [-0.4, -0.2) is 22.2 Å². The summed E-state index contributed by atoms with van der Waals surface area (Å²) in [7, 11) is 0. The molecule has 1 heterocycles. The summed E-state index contributed by atoms with van der Waals surface area (Å²) in [5.41, 5.74) is 3.74. The Bertz CT molecular complexity index is 629. The molecule has 0 spiro atoms. The van der Waals surface area contributed by atoms with Crippen LogP contribution in [0.15, 0.2) is 24.3 Å². The molecule has 0 saturated heterocycles. The first-order valence-electron chi connectivity index (χ1n) is 6.80. The van der Waals surface area contributed by atoms with Crippen molar-refractivity contribution in [2.45, 2.75) is 34.2 Å². The number of ether oxygens (including phenoxy) is 1. The van der Waals surface area contributed by atoms with E-state index in [1.54, 1.807) is 10.7 Å². The maximum absolute atomic E-state index is 12.4.